The molecule has 0 radical (unpaired) electrons. The van der Waals surface area contributed by atoms with Crippen molar-refractivity contribution >= 4 is 22.6 Å². The van der Waals surface area contributed by atoms with Crippen LogP contribution in [0, 0.1) is 9.39 Å². The normalized spacial score (nSPS) is 10.0. The van der Waals surface area contributed by atoms with E-state index in [1.165, 1.54) is 6.07 Å². The van der Waals surface area contributed by atoms with Crippen molar-refractivity contribution in [2.75, 3.05) is 0 Å². The van der Waals surface area contributed by atoms with E-state index in [4.69, 9.17) is 4.74 Å². The summed E-state index contributed by atoms with van der Waals surface area (Å²) in [5, 5.41) is 0. The van der Waals surface area contributed by atoms with Crippen LogP contribution in [0.1, 0.15) is 0 Å². The lowest BCUT2D eigenvalue weighted by Gasteiger charge is -2.06. The van der Waals surface area contributed by atoms with Gasteiger partial charge in [-0.25, -0.2) is 4.39 Å². The fourth-order valence-electron chi connectivity index (χ4n) is 1.17. The maximum atomic E-state index is 13.3. The van der Waals surface area contributed by atoms with Crippen molar-refractivity contribution in [3.05, 3.63) is 57.9 Å². The van der Waals surface area contributed by atoms with Crippen LogP contribution in [0.2, 0.25) is 0 Å². The molecule has 2 aromatic carbocycles. The van der Waals surface area contributed by atoms with Crippen LogP contribution in [-0.4, -0.2) is 0 Å². The molecule has 0 aliphatic carbocycles. The summed E-state index contributed by atoms with van der Waals surface area (Å²) >= 11 is 2.12. The van der Waals surface area contributed by atoms with Gasteiger partial charge in [0.15, 0.2) is 11.6 Å². The van der Waals surface area contributed by atoms with Crippen LogP contribution in [0.25, 0.3) is 0 Å². The molecule has 0 heterocycles. The molecule has 0 bridgehead atoms. The van der Waals surface area contributed by atoms with Gasteiger partial charge in [-0.2, -0.15) is 0 Å². The third-order valence-corrected chi connectivity index (χ3v) is 2.54. The lowest BCUT2D eigenvalue weighted by Crippen LogP contribution is -1.88. The average Bonchev–Trinajstić information content (AvgIpc) is 2.25. The van der Waals surface area contributed by atoms with Crippen molar-refractivity contribution in [1.82, 2.24) is 0 Å². The Hall–Kier alpha value is -1.10. The number of para-hydroxylation sites is 1. The monoisotopic (exact) mass is 314 g/mol. The van der Waals surface area contributed by atoms with Gasteiger partial charge in [0.25, 0.3) is 0 Å². The van der Waals surface area contributed by atoms with E-state index in [1.807, 2.05) is 18.2 Å². The Balaban J connectivity index is 2.28. The zero-order valence-electron chi connectivity index (χ0n) is 7.78. The van der Waals surface area contributed by atoms with E-state index in [-0.39, 0.29) is 11.6 Å². The zero-order valence-corrected chi connectivity index (χ0v) is 9.94. The minimum atomic E-state index is -0.348. The van der Waals surface area contributed by atoms with Crippen molar-refractivity contribution in [1.29, 1.82) is 0 Å². The summed E-state index contributed by atoms with van der Waals surface area (Å²) in [5.41, 5.74) is 0. The summed E-state index contributed by atoms with van der Waals surface area (Å²) in [4.78, 5) is 0. The van der Waals surface area contributed by atoms with Crippen LogP contribution >= 0.6 is 22.6 Å². The Morgan fingerprint density at radius 3 is 2.47 bits per heavy atom. The second-order valence-corrected chi connectivity index (χ2v) is 4.24. The van der Waals surface area contributed by atoms with Gasteiger partial charge in [0, 0.05) is 3.57 Å². The molecular formula is C12H8FIO. The number of benzene rings is 2. The molecule has 1 nitrogen and oxygen atoms in total. The maximum Gasteiger partial charge on any atom is 0.165 e. The van der Waals surface area contributed by atoms with E-state index in [0.717, 1.165) is 3.57 Å². The summed E-state index contributed by atoms with van der Waals surface area (Å²) < 4.78 is 19.7. The van der Waals surface area contributed by atoms with Gasteiger partial charge in [0.2, 0.25) is 0 Å². The number of ether oxygens (including phenoxy) is 1. The Morgan fingerprint density at radius 1 is 1.00 bits per heavy atom. The smallest absolute Gasteiger partial charge is 0.165 e. The standard InChI is InChI=1S/C12H8FIO/c13-11-7-6-9(14)8-12(11)15-10-4-2-1-3-5-10/h1-8H. The maximum absolute atomic E-state index is 13.3. The molecule has 3 heteroatoms. The molecule has 15 heavy (non-hydrogen) atoms. The molecule has 0 saturated heterocycles. The highest BCUT2D eigenvalue weighted by atomic mass is 127. The van der Waals surface area contributed by atoms with Crippen molar-refractivity contribution < 1.29 is 9.13 Å². The Morgan fingerprint density at radius 2 is 1.73 bits per heavy atom. The number of hydrogen-bond acceptors (Lipinski definition) is 1. The van der Waals surface area contributed by atoms with Gasteiger partial charge in [0.1, 0.15) is 5.75 Å². The Kier molecular flexibility index (Phi) is 3.20. The minimum absolute atomic E-state index is 0.258. The van der Waals surface area contributed by atoms with E-state index in [9.17, 15) is 4.39 Å². The Labute approximate surface area is 101 Å². The predicted molar refractivity (Wildman–Crippen MR) is 65.6 cm³/mol. The fraction of sp³-hybridized carbons (Fsp3) is 0. The molecule has 0 spiro atoms. The van der Waals surface area contributed by atoms with Crippen LogP contribution in [-0.2, 0) is 0 Å². The van der Waals surface area contributed by atoms with Crippen LogP contribution in [0.3, 0.4) is 0 Å². The molecule has 76 valence electrons. The van der Waals surface area contributed by atoms with Gasteiger partial charge in [-0.1, -0.05) is 18.2 Å². The SMILES string of the molecule is Fc1ccc(I)cc1Oc1ccccc1. The van der Waals surface area contributed by atoms with Gasteiger partial charge >= 0.3 is 0 Å². The molecule has 0 atom stereocenters. The number of rotatable bonds is 2. The largest absolute Gasteiger partial charge is 0.454 e. The van der Waals surface area contributed by atoms with Crippen molar-refractivity contribution in [2.24, 2.45) is 0 Å². The van der Waals surface area contributed by atoms with E-state index in [0.29, 0.717) is 5.75 Å². The molecule has 0 saturated carbocycles. The van der Waals surface area contributed by atoms with Gasteiger partial charge in [-0.3, -0.25) is 0 Å². The first-order valence-electron chi connectivity index (χ1n) is 4.43. The average molecular weight is 314 g/mol. The molecule has 0 fully saturated rings. The molecule has 0 aromatic heterocycles. The summed E-state index contributed by atoms with van der Waals surface area (Å²) in [6, 6.07) is 13.9. The molecule has 0 aliphatic rings. The van der Waals surface area contributed by atoms with Gasteiger partial charge in [-0.05, 0) is 52.9 Å². The summed E-state index contributed by atoms with van der Waals surface area (Å²) in [6.45, 7) is 0. The van der Waals surface area contributed by atoms with Gasteiger partial charge in [-0.15, -0.1) is 0 Å². The number of hydrogen-bond donors (Lipinski definition) is 0. The van der Waals surface area contributed by atoms with Crippen LogP contribution in [0.4, 0.5) is 4.39 Å². The lowest BCUT2D eigenvalue weighted by atomic mass is 10.3. The molecule has 0 unspecified atom stereocenters. The van der Waals surface area contributed by atoms with Crippen LogP contribution in [0.5, 0.6) is 11.5 Å². The molecule has 0 N–H and O–H groups in total. The fourth-order valence-corrected chi connectivity index (χ4v) is 1.63. The molecule has 2 rings (SSSR count). The number of halogens is 2. The first-order valence-corrected chi connectivity index (χ1v) is 5.51. The minimum Gasteiger partial charge on any atom is -0.454 e. The van der Waals surface area contributed by atoms with E-state index in [1.54, 1.807) is 24.3 Å². The lowest BCUT2D eigenvalue weighted by molar-refractivity contribution is 0.442. The predicted octanol–water partition coefficient (Wildman–Crippen LogP) is 4.22. The first kappa shape index (κ1) is 10.4. The molecule has 2 aromatic rings. The van der Waals surface area contributed by atoms with E-state index < -0.39 is 0 Å². The summed E-state index contributed by atoms with van der Waals surface area (Å²) in [6.07, 6.45) is 0. The summed E-state index contributed by atoms with van der Waals surface area (Å²) in [5.74, 6) is 0.547. The highest BCUT2D eigenvalue weighted by molar-refractivity contribution is 14.1. The third-order valence-electron chi connectivity index (χ3n) is 1.86. The Bertz CT molecular complexity index is 456. The van der Waals surface area contributed by atoms with E-state index >= 15 is 0 Å². The van der Waals surface area contributed by atoms with Crippen LogP contribution in [0.15, 0.2) is 48.5 Å². The molecule has 0 aliphatic heterocycles. The second-order valence-electron chi connectivity index (χ2n) is 2.99. The quantitative estimate of drug-likeness (QED) is 0.754. The molecule has 0 amide bonds. The van der Waals surface area contributed by atoms with E-state index in [2.05, 4.69) is 22.6 Å². The van der Waals surface area contributed by atoms with Crippen molar-refractivity contribution in [3.8, 4) is 11.5 Å². The second kappa shape index (κ2) is 4.61. The first-order chi connectivity index (χ1) is 7.25. The summed E-state index contributed by atoms with van der Waals surface area (Å²) in [7, 11) is 0. The third kappa shape index (κ3) is 2.68. The highest BCUT2D eigenvalue weighted by Crippen LogP contribution is 2.25. The zero-order chi connectivity index (χ0) is 10.7. The van der Waals surface area contributed by atoms with Gasteiger partial charge < -0.3 is 4.74 Å². The van der Waals surface area contributed by atoms with Gasteiger partial charge in [0.05, 0.1) is 0 Å². The highest BCUT2D eigenvalue weighted by Gasteiger charge is 2.04. The van der Waals surface area contributed by atoms with Crippen LogP contribution < -0.4 is 4.74 Å². The van der Waals surface area contributed by atoms with Crippen molar-refractivity contribution in [2.45, 2.75) is 0 Å². The van der Waals surface area contributed by atoms with Crippen molar-refractivity contribution in [3.63, 3.8) is 0 Å². The molecular weight excluding hydrogens is 306 g/mol. The topological polar surface area (TPSA) is 9.23 Å².